The first-order valence-corrected chi connectivity index (χ1v) is 5.91. The molecule has 0 spiro atoms. The molecule has 1 atom stereocenters. The number of carboxylic acid groups (broad SMARTS) is 1. The van der Waals surface area contributed by atoms with Crippen molar-refractivity contribution in [3.8, 4) is 0 Å². The summed E-state index contributed by atoms with van der Waals surface area (Å²) in [6.07, 6.45) is 3.50. The fourth-order valence-electron chi connectivity index (χ4n) is 2.42. The molecule has 1 aliphatic rings. The first-order chi connectivity index (χ1) is 7.95. The third-order valence-corrected chi connectivity index (χ3v) is 3.95. The second-order valence-electron chi connectivity index (χ2n) is 4.98. The summed E-state index contributed by atoms with van der Waals surface area (Å²) in [5.74, 6) is -0.725. The average Bonchev–Trinajstić information content (AvgIpc) is 2.78. The van der Waals surface area contributed by atoms with Gasteiger partial charge in [-0.1, -0.05) is 0 Å². The summed E-state index contributed by atoms with van der Waals surface area (Å²) in [5.41, 5.74) is 1.49. The van der Waals surface area contributed by atoms with E-state index in [0.717, 1.165) is 30.6 Å². The lowest BCUT2D eigenvalue weighted by Crippen LogP contribution is -2.47. The van der Waals surface area contributed by atoms with Gasteiger partial charge in [-0.15, -0.1) is 0 Å². The summed E-state index contributed by atoms with van der Waals surface area (Å²) in [7, 11) is 1.90. The van der Waals surface area contributed by atoms with Gasteiger partial charge in [0.1, 0.15) is 5.54 Å². The Kier molecular flexibility index (Phi) is 2.95. The third-order valence-electron chi connectivity index (χ3n) is 3.95. The van der Waals surface area contributed by atoms with E-state index in [-0.39, 0.29) is 0 Å². The van der Waals surface area contributed by atoms with Crippen LogP contribution in [0.25, 0.3) is 0 Å². The second kappa shape index (κ2) is 4.14. The molecule has 0 radical (unpaired) electrons. The SMILES string of the molecule is Cc1c(CN2CCCC2(C)C(=O)O)cnn1C. The lowest BCUT2D eigenvalue weighted by Gasteiger charge is -2.30. The van der Waals surface area contributed by atoms with Crippen LogP contribution in [0.3, 0.4) is 0 Å². The minimum atomic E-state index is -0.725. The first kappa shape index (κ1) is 12.1. The summed E-state index contributed by atoms with van der Waals surface area (Å²) in [6.45, 7) is 5.34. The minimum Gasteiger partial charge on any atom is -0.480 e. The molecule has 5 nitrogen and oxygen atoms in total. The van der Waals surface area contributed by atoms with E-state index in [1.807, 2.05) is 36.7 Å². The maximum atomic E-state index is 11.4. The fraction of sp³-hybridized carbons (Fsp3) is 0.667. The predicted molar refractivity (Wildman–Crippen MR) is 63.6 cm³/mol. The molecule has 1 aliphatic heterocycles. The Morgan fingerprint density at radius 2 is 2.35 bits per heavy atom. The van der Waals surface area contributed by atoms with Crippen molar-refractivity contribution in [2.24, 2.45) is 7.05 Å². The van der Waals surface area contributed by atoms with Crippen LogP contribution in [-0.2, 0) is 18.4 Å². The zero-order valence-corrected chi connectivity index (χ0v) is 10.6. The smallest absolute Gasteiger partial charge is 0.323 e. The van der Waals surface area contributed by atoms with Gasteiger partial charge < -0.3 is 5.11 Å². The Hall–Kier alpha value is -1.36. The molecule has 0 saturated carbocycles. The Bertz CT molecular complexity index is 441. The van der Waals surface area contributed by atoms with Crippen LogP contribution in [0.2, 0.25) is 0 Å². The Labute approximate surface area is 101 Å². The molecule has 1 N–H and O–H groups in total. The Morgan fingerprint density at radius 1 is 1.65 bits per heavy atom. The normalized spacial score (nSPS) is 25.4. The van der Waals surface area contributed by atoms with Gasteiger partial charge in [-0.05, 0) is 33.2 Å². The maximum Gasteiger partial charge on any atom is 0.323 e. The molecule has 0 aromatic carbocycles. The fourth-order valence-corrected chi connectivity index (χ4v) is 2.42. The molecule has 0 amide bonds. The quantitative estimate of drug-likeness (QED) is 0.857. The van der Waals surface area contributed by atoms with Crippen LogP contribution in [0.4, 0.5) is 0 Å². The Morgan fingerprint density at radius 3 is 2.88 bits per heavy atom. The van der Waals surface area contributed by atoms with Gasteiger partial charge in [0.2, 0.25) is 0 Å². The second-order valence-corrected chi connectivity index (χ2v) is 4.98. The van der Waals surface area contributed by atoms with Gasteiger partial charge in [0, 0.05) is 24.8 Å². The number of aryl methyl sites for hydroxylation is 1. The van der Waals surface area contributed by atoms with Crippen LogP contribution in [0.15, 0.2) is 6.20 Å². The van der Waals surface area contributed by atoms with Gasteiger partial charge in [-0.2, -0.15) is 5.10 Å². The predicted octanol–water partition coefficient (Wildman–Crippen LogP) is 1.17. The molecule has 1 fully saturated rings. The summed E-state index contributed by atoms with van der Waals surface area (Å²) < 4.78 is 1.82. The molecular weight excluding hydrogens is 218 g/mol. The van der Waals surface area contributed by atoms with Gasteiger partial charge in [-0.25, -0.2) is 0 Å². The number of aromatic nitrogens is 2. The standard InChI is InChI=1S/C12H19N3O2/c1-9-10(7-13-14(9)3)8-15-6-4-5-12(15,2)11(16)17/h7H,4-6,8H2,1-3H3,(H,16,17). The molecule has 1 aromatic rings. The molecule has 2 heterocycles. The number of likely N-dealkylation sites (tertiary alicyclic amines) is 1. The first-order valence-electron chi connectivity index (χ1n) is 5.91. The van der Waals surface area contributed by atoms with Gasteiger partial charge in [0.15, 0.2) is 0 Å². The van der Waals surface area contributed by atoms with Crippen molar-refractivity contribution >= 4 is 5.97 Å². The zero-order valence-electron chi connectivity index (χ0n) is 10.6. The van der Waals surface area contributed by atoms with Crippen molar-refractivity contribution in [1.82, 2.24) is 14.7 Å². The van der Waals surface area contributed by atoms with Gasteiger partial charge in [0.25, 0.3) is 0 Å². The van der Waals surface area contributed by atoms with Crippen LogP contribution in [0, 0.1) is 6.92 Å². The molecule has 0 bridgehead atoms. The van der Waals surface area contributed by atoms with Gasteiger partial charge in [0.05, 0.1) is 6.20 Å². The van der Waals surface area contributed by atoms with E-state index in [9.17, 15) is 9.90 Å². The van der Waals surface area contributed by atoms with Crippen molar-refractivity contribution in [1.29, 1.82) is 0 Å². The molecule has 94 valence electrons. The number of rotatable bonds is 3. The van der Waals surface area contributed by atoms with Crippen molar-refractivity contribution in [3.05, 3.63) is 17.5 Å². The summed E-state index contributed by atoms with van der Waals surface area (Å²) >= 11 is 0. The molecule has 5 heteroatoms. The largest absolute Gasteiger partial charge is 0.480 e. The summed E-state index contributed by atoms with van der Waals surface area (Å²) in [5, 5.41) is 13.5. The minimum absolute atomic E-state index is 0.669. The zero-order chi connectivity index (χ0) is 12.6. The third kappa shape index (κ3) is 1.95. The highest BCUT2D eigenvalue weighted by molar-refractivity contribution is 5.78. The van der Waals surface area contributed by atoms with Gasteiger partial charge >= 0.3 is 5.97 Å². The van der Waals surface area contributed by atoms with E-state index in [2.05, 4.69) is 5.10 Å². The molecule has 0 aliphatic carbocycles. The van der Waals surface area contributed by atoms with Crippen LogP contribution in [0.1, 0.15) is 31.0 Å². The van der Waals surface area contributed by atoms with E-state index in [1.165, 1.54) is 0 Å². The number of carboxylic acids is 1. The van der Waals surface area contributed by atoms with E-state index in [0.29, 0.717) is 6.54 Å². The maximum absolute atomic E-state index is 11.4. The average molecular weight is 237 g/mol. The topological polar surface area (TPSA) is 58.4 Å². The molecule has 17 heavy (non-hydrogen) atoms. The van der Waals surface area contributed by atoms with Gasteiger partial charge in [-0.3, -0.25) is 14.4 Å². The molecule has 2 rings (SSSR count). The number of aliphatic carboxylic acids is 1. The van der Waals surface area contributed by atoms with E-state index >= 15 is 0 Å². The number of carbonyl (C=O) groups is 1. The number of hydrogen-bond donors (Lipinski definition) is 1. The van der Waals surface area contributed by atoms with E-state index < -0.39 is 11.5 Å². The van der Waals surface area contributed by atoms with Crippen molar-refractivity contribution in [2.45, 2.75) is 38.8 Å². The molecule has 1 aromatic heterocycles. The van der Waals surface area contributed by atoms with Crippen molar-refractivity contribution < 1.29 is 9.90 Å². The lowest BCUT2D eigenvalue weighted by atomic mass is 9.99. The highest BCUT2D eigenvalue weighted by atomic mass is 16.4. The summed E-state index contributed by atoms with van der Waals surface area (Å²) in [4.78, 5) is 13.4. The lowest BCUT2D eigenvalue weighted by molar-refractivity contribution is -0.148. The number of nitrogens with zero attached hydrogens (tertiary/aromatic N) is 3. The molecule has 1 saturated heterocycles. The Balaban J connectivity index is 2.19. The highest BCUT2D eigenvalue weighted by Crippen LogP contribution is 2.31. The van der Waals surface area contributed by atoms with Crippen LogP contribution >= 0.6 is 0 Å². The van der Waals surface area contributed by atoms with Crippen LogP contribution in [0.5, 0.6) is 0 Å². The monoisotopic (exact) mass is 237 g/mol. The van der Waals surface area contributed by atoms with Crippen molar-refractivity contribution in [2.75, 3.05) is 6.54 Å². The van der Waals surface area contributed by atoms with E-state index in [1.54, 1.807) is 0 Å². The molecular formula is C12H19N3O2. The highest BCUT2D eigenvalue weighted by Gasteiger charge is 2.43. The van der Waals surface area contributed by atoms with Crippen LogP contribution < -0.4 is 0 Å². The van der Waals surface area contributed by atoms with Crippen molar-refractivity contribution in [3.63, 3.8) is 0 Å². The van der Waals surface area contributed by atoms with E-state index in [4.69, 9.17) is 0 Å². The van der Waals surface area contributed by atoms with Crippen LogP contribution in [-0.4, -0.2) is 37.8 Å². The summed E-state index contributed by atoms with van der Waals surface area (Å²) in [6, 6.07) is 0. The molecule has 1 unspecified atom stereocenters. The number of hydrogen-bond acceptors (Lipinski definition) is 3.